The number of carbonyl (C=O) groups is 1. The van der Waals surface area contributed by atoms with Gasteiger partial charge in [0.1, 0.15) is 11.8 Å². The van der Waals surface area contributed by atoms with Gasteiger partial charge >= 0.3 is 5.97 Å². The molecule has 5 nitrogen and oxygen atoms in total. The highest BCUT2D eigenvalue weighted by molar-refractivity contribution is 8.16. The van der Waals surface area contributed by atoms with Crippen LogP contribution in [0.5, 0.6) is 0 Å². The molecule has 2 aliphatic rings. The van der Waals surface area contributed by atoms with Crippen LogP contribution in [0.4, 0.5) is 0 Å². The summed E-state index contributed by atoms with van der Waals surface area (Å²) in [5.74, 6) is 0.311. The smallest absolute Gasteiger partial charge is 0.338 e. The maximum Gasteiger partial charge on any atom is 0.338 e. The van der Waals surface area contributed by atoms with E-state index in [-0.39, 0.29) is 12.0 Å². The number of methoxy groups -OCH3 is 1. The fourth-order valence-corrected chi connectivity index (χ4v) is 2.99. The number of esters is 1. The number of carbonyl (C=O) groups excluding carboxylic acids is 1. The number of furan rings is 1. The van der Waals surface area contributed by atoms with E-state index < -0.39 is 0 Å². The number of aliphatic imine (C=N–C) groups is 1. The largest absolute Gasteiger partial charge is 0.467 e. The number of fused-ring (bicyclic) bond motifs is 1. The summed E-state index contributed by atoms with van der Waals surface area (Å²) in [4.78, 5) is 18.4. The minimum Gasteiger partial charge on any atom is -0.467 e. The second-order valence-electron chi connectivity index (χ2n) is 4.11. The fraction of sp³-hybridized carbons (Fsp3) is 0.231. The molecular formula is C13H12N2O3S. The van der Waals surface area contributed by atoms with E-state index in [0.717, 1.165) is 5.17 Å². The lowest BCUT2D eigenvalue weighted by atomic mass is 10.0. The second kappa shape index (κ2) is 4.62. The summed E-state index contributed by atoms with van der Waals surface area (Å²) in [5, 5.41) is 2.77. The Morgan fingerprint density at radius 3 is 3.11 bits per heavy atom. The van der Waals surface area contributed by atoms with E-state index in [9.17, 15) is 4.79 Å². The second-order valence-corrected chi connectivity index (χ2v) is 4.99. The third-order valence-electron chi connectivity index (χ3n) is 3.04. The lowest BCUT2D eigenvalue weighted by Gasteiger charge is -2.31. The lowest BCUT2D eigenvalue weighted by Crippen LogP contribution is -2.33. The Labute approximate surface area is 114 Å². The molecule has 0 saturated carbocycles. The number of thioether (sulfide) groups is 1. The number of hydrogen-bond acceptors (Lipinski definition) is 6. The fourth-order valence-electron chi connectivity index (χ4n) is 2.20. The predicted molar refractivity (Wildman–Crippen MR) is 72.2 cm³/mol. The highest BCUT2D eigenvalue weighted by Crippen LogP contribution is 2.40. The van der Waals surface area contributed by atoms with Crippen molar-refractivity contribution in [3.63, 3.8) is 0 Å². The number of rotatable bonds is 2. The number of allylic oxidation sites excluding steroid dienone is 1. The molecule has 1 aromatic heterocycles. The minimum absolute atomic E-state index is 0.318. The van der Waals surface area contributed by atoms with Gasteiger partial charge in [0.2, 0.25) is 0 Å². The summed E-state index contributed by atoms with van der Waals surface area (Å²) >= 11 is 1.52. The van der Waals surface area contributed by atoms with Gasteiger partial charge in [0.15, 0.2) is 5.17 Å². The zero-order valence-corrected chi connectivity index (χ0v) is 11.3. The van der Waals surface area contributed by atoms with Gasteiger partial charge in [-0.15, -0.1) is 0 Å². The highest BCUT2D eigenvalue weighted by atomic mass is 32.2. The summed E-state index contributed by atoms with van der Waals surface area (Å²) < 4.78 is 10.3. The maximum atomic E-state index is 12.0. The van der Waals surface area contributed by atoms with E-state index in [0.29, 0.717) is 17.0 Å². The Morgan fingerprint density at radius 2 is 2.42 bits per heavy atom. The van der Waals surface area contributed by atoms with E-state index in [1.165, 1.54) is 18.9 Å². The molecule has 3 rings (SSSR count). The quantitative estimate of drug-likeness (QED) is 0.777. The molecule has 0 amide bonds. The molecule has 0 N–H and O–H groups in total. The van der Waals surface area contributed by atoms with Crippen molar-refractivity contribution in [2.45, 2.75) is 13.0 Å². The molecule has 1 aromatic rings. The van der Waals surface area contributed by atoms with E-state index in [4.69, 9.17) is 9.15 Å². The highest BCUT2D eigenvalue weighted by Gasteiger charge is 2.38. The van der Waals surface area contributed by atoms with Crippen LogP contribution in [-0.4, -0.2) is 23.1 Å². The van der Waals surface area contributed by atoms with Crippen molar-refractivity contribution in [2.75, 3.05) is 7.11 Å². The molecule has 0 saturated heterocycles. The Bertz CT molecular complexity index is 601. The summed E-state index contributed by atoms with van der Waals surface area (Å²) in [6.45, 7) is 1.81. The first-order valence-corrected chi connectivity index (χ1v) is 6.63. The molecule has 98 valence electrons. The lowest BCUT2D eigenvalue weighted by molar-refractivity contribution is -0.136. The van der Waals surface area contributed by atoms with Crippen LogP contribution in [0.25, 0.3) is 0 Å². The van der Waals surface area contributed by atoms with Gasteiger partial charge < -0.3 is 14.1 Å². The van der Waals surface area contributed by atoms with Crippen LogP contribution in [0.15, 0.2) is 50.7 Å². The molecule has 0 fully saturated rings. The van der Waals surface area contributed by atoms with E-state index >= 15 is 0 Å². The van der Waals surface area contributed by atoms with Crippen molar-refractivity contribution in [1.82, 2.24) is 4.90 Å². The van der Waals surface area contributed by atoms with Crippen molar-refractivity contribution < 1.29 is 13.9 Å². The molecule has 2 aliphatic heterocycles. The van der Waals surface area contributed by atoms with Crippen molar-refractivity contribution in [3.8, 4) is 0 Å². The first-order chi connectivity index (χ1) is 9.22. The van der Waals surface area contributed by atoms with Gasteiger partial charge in [-0.3, -0.25) is 0 Å². The zero-order chi connectivity index (χ0) is 13.4. The van der Waals surface area contributed by atoms with Crippen LogP contribution in [0.3, 0.4) is 0 Å². The van der Waals surface area contributed by atoms with Crippen molar-refractivity contribution in [3.05, 3.63) is 47.0 Å². The van der Waals surface area contributed by atoms with Gasteiger partial charge in [0, 0.05) is 6.20 Å². The summed E-state index contributed by atoms with van der Waals surface area (Å²) in [6.07, 6.45) is 3.49. The number of amidine groups is 1. The monoisotopic (exact) mass is 276 g/mol. The number of ether oxygens (including phenoxy) is 1. The molecule has 19 heavy (non-hydrogen) atoms. The van der Waals surface area contributed by atoms with Gasteiger partial charge in [0.25, 0.3) is 0 Å². The normalized spacial score (nSPS) is 21.5. The minimum atomic E-state index is -0.382. The van der Waals surface area contributed by atoms with Crippen LogP contribution in [0, 0.1) is 0 Å². The molecule has 0 spiro atoms. The van der Waals surface area contributed by atoms with Crippen LogP contribution >= 0.6 is 11.8 Å². The molecule has 0 radical (unpaired) electrons. The Morgan fingerprint density at radius 1 is 1.58 bits per heavy atom. The van der Waals surface area contributed by atoms with Gasteiger partial charge in [-0.1, -0.05) is 11.8 Å². The third-order valence-corrected chi connectivity index (χ3v) is 3.81. The van der Waals surface area contributed by atoms with E-state index in [2.05, 4.69) is 4.99 Å². The van der Waals surface area contributed by atoms with E-state index in [1.807, 2.05) is 29.5 Å². The maximum absolute atomic E-state index is 12.0. The molecule has 3 heterocycles. The average molecular weight is 276 g/mol. The summed E-state index contributed by atoms with van der Waals surface area (Å²) in [6, 6.07) is 3.33. The van der Waals surface area contributed by atoms with Crippen molar-refractivity contribution >= 4 is 22.9 Å². The molecule has 0 bridgehead atoms. The van der Waals surface area contributed by atoms with Gasteiger partial charge in [-0.25, -0.2) is 9.79 Å². The molecule has 0 aromatic carbocycles. The van der Waals surface area contributed by atoms with Crippen molar-refractivity contribution in [2.24, 2.45) is 4.99 Å². The van der Waals surface area contributed by atoms with Gasteiger partial charge in [-0.2, -0.15) is 0 Å². The molecular weight excluding hydrogens is 264 g/mol. The Kier molecular flexibility index (Phi) is 2.94. The molecule has 6 heteroatoms. The molecule has 1 atom stereocenters. The summed E-state index contributed by atoms with van der Waals surface area (Å²) in [7, 11) is 1.37. The van der Waals surface area contributed by atoms with Crippen molar-refractivity contribution in [1.29, 1.82) is 0 Å². The standard InChI is InChI=1S/C13H12N2O3S/c1-8-10(12(16)17-2)11(9-4-3-6-18-9)15-5-7-19-13(15)14-8/h3-7,11H,1-2H3/t11-/m1/s1. The summed E-state index contributed by atoms with van der Waals surface area (Å²) in [5.41, 5.74) is 1.17. The Balaban J connectivity index is 2.13. The van der Waals surface area contributed by atoms with Crippen LogP contribution < -0.4 is 0 Å². The van der Waals surface area contributed by atoms with Crippen LogP contribution in [0.2, 0.25) is 0 Å². The first kappa shape index (κ1) is 12.1. The topological polar surface area (TPSA) is 55.0 Å². The number of hydrogen-bond donors (Lipinski definition) is 0. The number of nitrogens with zero attached hydrogens (tertiary/aromatic N) is 2. The predicted octanol–water partition coefficient (Wildman–Crippen LogP) is 2.66. The van der Waals surface area contributed by atoms with E-state index in [1.54, 1.807) is 12.3 Å². The van der Waals surface area contributed by atoms with Gasteiger partial charge in [0.05, 0.1) is 24.6 Å². The van der Waals surface area contributed by atoms with Crippen LogP contribution in [0.1, 0.15) is 18.7 Å². The molecule has 0 aliphatic carbocycles. The van der Waals surface area contributed by atoms with Gasteiger partial charge in [-0.05, 0) is 24.5 Å². The van der Waals surface area contributed by atoms with Crippen LogP contribution in [-0.2, 0) is 9.53 Å². The average Bonchev–Trinajstić information content (AvgIpc) is 3.06. The zero-order valence-electron chi connectivity index (χ0n) is 10.5. The third kappa shape index (κ3) is 1.88. The Hall–Kier alpha value is -1.95. The first-order valence-electron chi connectivity index (χ1n) is 5.75. The molecule has 0 unspecified atom stereocenters. The SMILES string of the molecule is COC(=O)C1=C(C)N=C2SC=CN2[C@@H]1c1ccco1.